The number of halogens is 1. The van der Waals surface area contributed by atoms with Crippen LogP contribution in [0, 0.1) is 11.8 Å². The number of rotatable bonds is 6. The summed E-state index contributed by atoms with van der Waals surface area (Å²) < 4.78 is 10.7. The van der Waals surface area contributed by atoms with Gasteiger partial charge in [-0.1, -0.05) is 11.6 Å². The van der Waals surface area contributed by atoms with Gasteiger partial charge >= 0.3 is 11.9 Å². The summed E-state index contributed by atoms with van der Waals surface area (Å²) in [5.41, 5.74) is -0.822. The summed E-state index contributed by atoms with van der Waals surface area (Å²) in [6.45, 7) is 14.8. The van der Waals surface area contributed by atoms with Gasteiger partial charge in [0.05, 0.1) is 12.8 Å². The van der Waals surface area contributed by atoms with Crippen LogP contribution in [0.1, 0.15) is 67.2 Å². The minimum atomic E-state index is -0.420. The Morgan fingerprint density at radius 3 is 1.74 bits per heavy atom. The fraction of sp³-hybridized carbons (Fsp3) is 0.643. The van der Waals surface area contributed by atoms with Gasteiger partial charge in [-0.25, -0.2) is 0 Å². The van der Waals surface area contributed by atoms with Gasteiger partial charge in [-0.2, -0.15) is 5.10 Å². The molecule has 2 aromatic rings. The van der Waals surface area contributed by atoms with E-state index in [4.69, 9.17) is 21.1 Å². The van der Waals surface area contributed by atoms with Crippen LogP contribution in [-0.2, 0) is 19.1 Å². The van der Waals surface area contributed by atoms with Crippen molar-refractivity contribution in [1.82, 2.24) is 20.4 Å². The molecule has 0 amide bonds. The molecule has 0 bridgehead atoms. The lowest BCUT2D eigenvalue weighted by Crippen LogP contribution is -2.26. The van der Waals surface area contributed by atoms with Gasteiger partial charge in [0.15, 0.2) is 16.8 Å². The molecule has 0 saturated carbocycles. The van der Waals surface area contributed by atoms with E-state index in [1.165, 1.54) is 0 Å². The van der Waals surface area contributed by atoms with Crippen LogP contribution >= 0.6 is 11.6 Å². The topological polar surface area (TPSA) is 111 Å². The molecule has 4 rings (SSSR count). The molecule has 2 aliphatic heterocycles. The summed E-state index contributed by atoms with van der Waals surface area (Å²) in [6.07, 6.45) is 4.56. The SMILES string of the molecule is CC(C)(C)OC(=O)C[C@@H]1CCN(c2ccc(Cl)nn2)C1.CC(C)(C)OC(=O)C[C@@H]1CCN(c2cccnn2)C1. The first kappa shape index (κ1) is 30.5. The summed E-state index contributed by atoms with van der Waals surface area (Å²) in [5.74, 6) is 2.10. The van der Waals surface area contributed by atoms with Gasteiger partial charge in [0.2, 0.25) is 0 Å². The van der Waals surface area contributed by atoms with E-state index in [2.05, 4.69) is 30.2 Å². The third-order valence-electron chi connectivity index (χ3n) is 6.15. The summed E-state index contributed by atoms with van der Waals surface area (Å²) in [4.78, 5) is 27.9. The molecule has 0 N–H and O–H groups in total. The van der Waals surface area contributed by atoms with Crippen LogP contribution in [0.15, 0.2) is 30.5 Å². The highest BCUT2D eigenvalue weighted by atomic mass is 35.5. The molecule has 2 fully saturated rings. The van der Waals surface area contributed by atoms with E-state index < -0.39 is 11.2 Å². The lowest BCUT2D eigenvalue weighted by atomic mass is 10.1. The highest BCUT2D eigenvalue weighted by Crippen LogP contribution is 2.26. The molecule has 0 spiro atoms. The first-order valence-electron chi connectivity index (χ1n) is 13.5. The van der Waals surface area contributed by atoms with Gasteiger partial charge in [0.25, 0.3) is 0 Å². The fourth-order valence-corrected chi connectivity index (χ4v) is 4.69. The second kappa shape index (κ2) is 13.4. The van der Waals surface area contributed by atoms with Crippen molar-refractivity contribution in [3.8, 4) is 0 Å². The zero-order valence-corrected chi connectivity index (χ0v) is 24.6. The van der Waals surface area contributed by atoms with E-state index in [1.807, 2.05) is 59.7 Å². The predicted molar refractivity (Wildman–Crippen MR) is 151 cm³/mol. The molecule has 214 valence electrons. The first-order valence-corrected chi connectivity index (χ1v) is 13.9. The molecule has 2 aliphatic rings. The first-order chi connectivity index (χ1) is 18.3. The zero-order chi connectivity index (χ0) is 28.6. The molecule has 0 radical (unpaired) electrons. The molecule has 11 heteroatoms. The van der Waals surface area contributed by atoms with E-state index in [0.717, 1.165) is 50.7 Å². The number of ether oxygens (including phenoxy) is 2. The van der Waals surface area contributed by atoms with Crippen LogP contribution in [0.5, 0.6) is 0 Å². The maximum atomic E-state index is 11.8. The minimum absolute atomic E-state index is 0.113. The summed E-state index contributed by atoms with van der Waals surface area (Å²) in [6, 6.07) is 7.41. The average molecular weight is 561 g/mol. The Kier molecular flexibility index (Phi) is 10.5. The fourth-order valence-electron chi connectivity index (χ4n) is 4.59. The van der Waals surface area contributed by atoms with Crippen molar-refractivity contribution in [3.05, 3.63) is 35.6 Å². The van der Waals surface area contributed by atoms with E-state index in [0.29, 0.717) is 29.8 Å². The monoisotopic (exact) mass is 560 g/mol. The van der Waals surface area contributed by atoms with E-state index in [1.54, 1.807) is 12.3 Å². The van der Waals surface area contributed by atoms with Gasteiger partial charge in [0, 0.05) is 32.4 Å². The maximum absolute atomic E-state index is 11.8. The van der Waals surface area contributed by atoms with Crippen LogP contribution in [0.2, 0.25) is 5.15 Å². The number of nitrogens with zero attached hydrogens (tertiary/aromatic N) is 6. The molecule has 0 aliphatic carbocycles. The lowest BCUT2D eigenvalue weighted by molar-refractivity contribution is -0.157. The predicted octanol–water partition coefficient (Wildman–Crippen LogP) is 4.72. The standard InChI is InChI=1S/C14H20ClN3O2.C14H21N3O2/c1-14(2,3)20-13(19)8-10-6-7-18(9-10)12-5-4-11(15)16-17-12;1-14(2,3)19-13(18)9-11-6-8-17(10-11)12-5-4-7-15-16-12/h4-5,10H,6-9H2,1-3H3;4-5,7,11H,6,8-10H2,1-3H3/t10-;11-/m00/s1. The minimum Gasteiger partial charge on any atom is -0.460 e. The number of carbonyl (C=O) groups is 2. The van der Waals surface area contributed by atoms with Crippen LogP contribution in [0.3, 0.4) is 0 Å². The molecular weight excluding hydrogens is 520 g/mol. The summed E-state index contributed by atoms with van der Waals surface area (Å²) in [7, 11) is 0. The van der Waals surface area contributed by atoms with E-state index >= 15 is 0 Å². The smallest absolute Gasteiger partial charge is 0.306 e. The molecule has 10 nitrogen and oxygen atoms in total. The Labute approximate surface area is 236 Å². The van der Waals surface area contributed by atoms with Crippen LogP contribution < -0.4 is 9.80 Å². The van der Waals surface area contributed by atoms with E-state index in [-0.39, 0.29) is 11.9 Å². The van der Waals surface area contributed by atoms with Gasteiger partial charge in [0.1, 0.15) is 11.2 Å². The van der Waals surface area contributed by atoms with Gasteiger partial charge in [-0.05, 0) is 90.5 Å². The van der Waals surface area contributed by atoms with Crippen LogP contribution in [0.4, 0.5) is 11.6 Å². The van der Waals surface area contributed by atoms with Gasteiger partial charge in [-0.15, -0.1) is 15.3 Å². The second-order valence-electron chi connectivity index (χ2n) is 12.1. The molecule has 2 saturated heterocycles. The van der Waals surface area contributed by atoms with Crippen molar-refractivity contribution in [1.29, 1.82) is 0 Å². The van der Waals surface area contributed by atoms with Gasteiger partial charge in [-0.3, -0.25) is 9.59 Å². The van der Waals surface area contributed by atoms with E-state index in [9.17, 15) is 9.59 Å². The van der Waals surface area contributed by atoms with Crippen molar-refractivity contribution in [2.75, 3.05) is 36.0 Å². The molecule has 2 aromatic heterocycles. The number of carbonyl (C=O) groups excluding carboxylic acids is 2. The molecule has 0 aromatic carbocycles. The summed E-state index contributed by atoms with van der Waals surface area (Å²) >= 11 is 5.72. The Balaban J connectivity index is 0.000000216. The molecular formula is C28H41ClN6O4. The number of hydrogen-bond donors (Lipinski definition) is 0. The van der Waals surface area contributed by atoms with Crippen molar-refractivity contribution < 1.29 is 19.1 Å². The summed E-state index contributed by atoms with van der Waals surface area (Å²) in [5, 5.41) is 16.3. The Morgan fingerprint density at radius 1 is 0.821 bits per heavy atom. The van der Waals surface area contributed by atoms with Crippen molar-refractivity contribution in [2.24, 2.45) is 11.8 Å². The van der Waals surface area contributed by atoms with Gasteiger partial charge < -0.3 is 19.3 Å². The number of anilines is 2. The highest BCUT2D eigenvalue weighted by molar-refractivity contribution is 6.29. The Morgan fingerprint density at radius 2 is 1.33 bits per heavy atom. The highest BCUT2D eigenvalue weighted by Gasteiger charge is 2.29. The lowest BCUT2D eigenvalue weighted by Gasteiger charge is -2.21. The maximum Gasteiger partial charge on any atom is 0.306 e. The number of hydrogen-bond acceptors (Lipinski definition) is 10. The van der Waals surface area contributed by atoms with Crippen LogP contribution in [-0.4, -0.2) is 69.7 Å². The Bertz CT molecular complexity index is 1070. The number of aromatic nitrogens is 4. The second-order valence-corrected chi connectivity index (χ2v) is 12.5. The molecule has 2 atom stereocenters. The van der Waals surface area contributed by atoms with Crippen molar-refractivity contribution in [3.63, 3.8) is 0 Å². The van der Waals surface area contributed by atoms with Crippen molar-refractivity contribution >= 4 is 35.2 Å². The third kappa shape index (κ3) is 10.9. The number of esters is 2. The molecule has 0 unspecified atom stereocenters. The molecule has 4 heterocycles. The van der Waals surface area contributed by atoms with Crippen molar-refractivity contribution in [2.45, 2.75) is 78.4 Å². The normalized spacial score (nSPS) is 19.4. The quantitative estimate of drug-likeness (QED) is 0.460. The van der Waals surface area contributed by atoms with Crippen LogP contribution in [0.25, 0.3) is 0 Å². The molecule has 39 heavy (non-hydrogen) atoms. The zero-order valence-electron chi connectivity index (χ0n) is 23.9. The largest absolute Gasteiger partial charge is 0.460 e. The Hall–Kier alpha value is -3.01. The average Bonchev–Trinajstić information content (AvgIpc) is 3.48. The third-order valence-corrected chi connectivity index (χ3v) is 6.35.